The predicted molar refractivity (Wildman–Crippen MR) is 81.7 cm³/mol. The SMILES string of the molecule is COc1ccc2c(c1)CN(CCC1CCC(N)CC1)C2. The average molecular weight is 274 g/mol. The predicted octanol–water partition coefficient (Wildman–Crippen LogP) is 2.92. The molecule has 3 heteroatoms. The quantitative estimate of drug-likeness (QED) is 0.917. The Morgan fingerprint density at radius 1 is 1.15 bits per heavy atom. The zero-order chi connectivity index (χ0) is 13.9. The molecule has 0 atom stereocenters. The Balaban J connectivity index is 1.49. The first kappa shape index (κ1) is 13.9. The van der Waals surface area contributed by atoms with E-state index in [0.717, 1.165) is 24.8 Å². The molecule has 0 amide bonds. The van der Waals surface area contributed by atoms with Gasteiger partial charge in [0, 0.05) is 19.1 Å². The Morgan fingerprint density at radius 2 is 1.90 bits per heavy atom. The van der Waals surface area contributed by atoms with Crippen LogP contribution in [-0.4, -0.2) is 24.6 Å². The molecule has 1 aliphatic carbocycles. The minimum atomic E-state index is 0.467. The van der Waals surface area contributed by atoms with Crippen LogP contribution in [0.5, 0.6) is 5.75 Å². The lowest BCUT2D eigenvalue weighted by molar-refractivity contribution is 0.229. The van der Waals surface area contributed by atoms with Crippen molar-refractivity contribution >= 4 is 0 Å². The number of nitrogens with two attached hydrogens (primary N) is 1. The molecule has 0 radical (unpaired) electrons. The van der Waals surface area contributed by atoms with Crippen LogP contribution in [0.25, 0.3) is 0 Å². The van der Waals surface area contributed by atoms with Gasteiger partial charge in [-0.25, -0.2) is 0 Å². The lowest BCUT2D eigenvalue weighted by Gasteiger charge is -2.27. The standard InChI is InChI=1S/C17H26N2O/c1-20-17-7-4-14-11-19(12-15(14)10-17)9-8-13-2-5-16(18)6-3-13/h4,7,10,13,16H,2-3,5-6,8-9,11-12,18H2,1H3. The van der Waals surface area contributed by atoms with Gasteiger partial charge in [0.05, 0.1) is 7.11 Å². The van der Waals surface area contributed by atoms with Crippen LogP contribution in [0.1, 0.15) is 43.2 Å². The number of benzene rings is 1. The molecular formula is C17H26N2O. The van der Waals surface area contributed by atoms with Gasteiger partial charge in [0.2, 0.25) is 0 Å². The smallest absolute Gasteiger partial charge is 0.119 e. The highest BCUT2D eigenvalue weighted by Gasteiger charge is 2.22. The fourth-order valence-corrected chi connectivity index (χ4v) is 3.57. The summed E-state index contributed by atoms with van der Waals surface area (Å²) in [6.45, 7) is 3.40. The number of hydrogen-bond donors (Lipinski definition) is 1. The molecule has 1 aromatic carbocycles. The molecule has 0 bridgehead atoms. The summed E-state index contributed by atoms with van der Waals surface area (Å²) in [5, 5.41) is 0. The molecule has 0 aromatic heterocycles. The Kier molecular flexibility index (Phi) is 4.27. The molecule has 0 saturated heterocycles. The monoisotopic (exact) mass is 274 g/mol. The zero-order valence-electron chi connectivity index (χ0n) is 12.5. The lowest BCUT2D eigenvalue weighted by Crippen LogP contribution is -2.28. The van der Waals surface area contributed by atoms with Crippen LogP contribution in [0, 0.1) is 5.92 Å². The van der Waals surface area contributed by atoms with Crippen LogP contribution in [0.3, 0.4) is 0 Å². The molecule has 2 aliphatic rings. The van der Waals surface area contributed by atoms with Gasteiger partial charge in [-0.15, -0.1) is 0 Å². The average Bonchev–Trinajstić information content (AvgIpc) is 2.88. The normalized spacial score (nSPS) is 26.5. The first-order valence-corrected chi connectivity index (χ1v) is 7.88. The second kappa shape index (κ2) is 6.15. The van der Waals surface area contributed by atoms with Crippen molar-refractivity contribution in [2.45, 2.75) is 51.2 Å². The van der Waals surface area contributed by atoms with Crippen molar-refractivity contribution in [3.63, 3.8) is 0 Å². The second-order valence-electron chi connectivity index (χ2n) is 6.41. The maximum atomic E-state index is 5.98. The Morgan fingerprint density at radius 3 is 2.65 bits per heavy atom. The number of rotatable bonds is 4. The van der Waals surface area contributed by atoms with Crippen molar-refractivity contribution in [1.82, 2.24) is 4.90 Å². The molecule has 3 nitrogen and oxygen atoms in total. The van der Waals surface area contributed by atoms with Crippen molar-refractivity contribution in [1.29, 1.82) is 0 Å². The first-order chi connectivity index (χ1) is 9.74. The van der Waals surface area contributed by atoms with Gasteiger partial charge in [-0.1, -0.05) is 6.07 Å². The van der Waals surface area contributed by atoms with E-state index in [1.807, 2.05) is 0 Å². The molecule has 110 valence electrons. The third kappa shape index (κ3) is 3.15. The fraction of sp³-hybridized carbons (Fsp3) is 0.647. The molecule has 2 N–H and O–H groups in total. The molecular weight excluding hydrogens is 248 g/mol. The van der Waals surface area contributed by atoms with E-state index in [9.17, 15) is 0 Å². The van der Waals surface area contributed by atoms with Crippen molar-refractivity contribution < 1.29 is 4.74 Å². The maximum absolute atomic E-state index is 5.98. The molecule has 1 heterocycles. The molecule has 1 fully saturated rings. The van der Waals surface area contributed by atoms with Crippen LogP contribution in [0.2, 0.25) is 0 Å². The van der Waals surface area contributed by atoms with Gasteiger partial charge in [0.1, 0.15) is 5.75 Å². The number of ether oxygens (including phenoxy) is 1. The third-order valence-electron chi connectivity index (χ3n) is 4.95. The van der Waals surface area contributed by atoms with Crippen molar-refractivity contribution in [3.8, 4) is 5.75 Å². The summed E-state index contributed by atoms with van der Waals surface area (Å²) in [5.74, 6) is 1.87. The molecule has 3 rings (SSSR count). The Labute approximate surface area is 122 Å². The zero-order valence-corrected chi connectivity index (χ0v) is 12.5. The van der Waals surface area contributed by atoms with Gasteiger partial charge < -0.3 is 10.5 Å². The third-order valence-corrected chi connectivity index (χ3v) is 4.95. The van der Waals surface area contributed by atoms with Crippen LogP contribution >= 0.6 is 0 Å². The van der Waals surface area contributed by atoms with Crippen LogP contribution < -0.4 is 10.5 Å². The molecule has 20 heavy (non-hydrogen) atoms. The maximum Gasteiger partial charge on any atom is 0.119 e. The van der Waals surface area contributed by atoms with E-state index < -0.39 is 0 Å². The molecule has 1 saturated carbocycles. The largest absolute Gasteiger partial charge is 0.497 e. The van der Waals surface area contributed by atoms with E-state index in [1.54, 1.807) is 7.11 Å². The van der Waals surface area contributed by atoms with Crippen LogP contribution in [0.4, 0.5) is 0 Å². The lowest BCUT2D eigenvalue weighted by atomic mass is 9.84. The number of hydrogen-bond acceptors (Lipinski definition) is 3. The van der Waals surface area contributed by atoms with Gasteiger partial charge in [-0.2, -0.15) is 0 Å². The van der Waals surface area contributed by atoms with Crippen molar-refractivity contribution in [2.24, 2.45) is 11.7 Å². The van der Waals surface area contributed by atoms with E-state index >= 15 is 0 Å². The Bertz CT molecular complexity index is 452. The van der Waals surface area contributed by atoms with Gasteiger partial charge in [0.15, 0.2) is 0 Å². The summed E-state index contributed by atoms with van der Waals surface area (Å²) < 4.78 is 5.31. The van der Waals surface area contributed by atoms with Crippen molar-refractivity contribution in [3.05, 3.63) is 29.3 Å². The molecule has 1 aliphatic heterocycles. The molecule has 0 unspecified atom stereocenters. The van der Waals surface area contributed by atoms with Gasteiger partial charge in [-0.3, -0.25) is 4.90 Å². The van der Waals surface area contributed by atoms with Gasteiger partial charge in [-0.05, 0) is 67.8 Å². The summed E-state index contributed by atoms with van der Waals surface area (Å²) in [6.07, 6.45) is 6.44. The van der Waals surface area contributed by atoms with Crippen LogP contribution in [-0.2, 0) is 13.1 Å². The van der Waals surface area contributed by atoms with E-state index in [1.165, 1.54) is 49.8 Å². The summed E-state index contributed by atoms with van der Waals surface area (Å²) in [7, 11) is 1.74. The van der Waals surface area contributed by atoms with Crippen molar-refractivity contribution in [2.75, 3.05) is 13.7 Å². The summed E-state index contributed by atoms with van der Waals surface area (Å²) in [5.41, 5.74) is 8.89. The second-order valence-corrected chi connectivity index (χ2v) is 6.41. The topological polar surface area (TPSA) is 38.5 Å². The Hall–Kier alpha value is -1.06. The summed E-state index contributed by atoms with van der Waals surface area (Å²) in [4.78, 5) is 2.57. The van der Waals surface area contributed by atoms with Gasteiger partial charge in [0.25, 0.3) is 0 Å². The summed E-state index contributed by atoms with van der Waals surface area (Å²) in [6, 6.07) is 6.95. The minimum Gasteiger partial charge on any atom is -0.497 e. The summed E-state index contributed by atoms with van der Waals surface area (Å²) >= 11 is 0. The number of nitrogens with zero attached hydrogens (tertiary/aromatic N) is 1. The van der Waals surface area contributed by atoms with E-state index in [0.29, 0.717) is 6.04 Å². The minimum absolute atomic E-state index is 0.467. The highest BCUT2D eigenvalue weighted by atomic mass is 16.5. The highest BCUT2D eigenvalue weighted by Crippen LogP contribution is 2.29. The van der Waals surface area contributed by atoms with Crippen LogP contribution in [0.15, 0.2) is 18.2 Å². The van der Waals surface area contributed by atoms with Gasteiger partial charge >= 0.3 is 0 Å². The highest BCUT2D eigenvalue weighted by molar-refractivity contribution is 5.37. The van der Waals surface area contributed by atoms with E-state index in [4.69, 9.17) is 10.5 Å². The number of fused-ring (bicyclic) bond motifs is 1. The fourth-order valence-electron chi connectivity index (χ4n) is 3.57. The van der Waals surface area contributed by atoms with E-state index in [2.05, 4.69) is 23.1 Å². The first-order valence-electron chi connectivity index (χ1n) is 7.88. The van der Waals surface area contributed by atoms with E-state index in [-0.39, 0.29) is 0 Å². The number of methoxy groups -OCH3 is 1. The molecule has 0 spiro atoms. The molecule has 1 aromatic rings.